The van der Waals surface area contributed by atoms with Crippen molar-refractivity contribution in [3.8, 4) is 12.3 Å². The Balaban J connectivity index is 2.28. The Kier molecular flexibility index (Phi) is 5.94. The summed E-state index contributed by atoms with van der Waals surface area (Å²) < 4.78 is 1.85. The summed E-state index contributed by atoms with van der Waals surface area (Å²) in [7, 11) is 0. The predicted octanol–water partition coefficient (Wildman–Crippen LogP) is 1.48. The van der Waals surface area contributed by atoms with Gasteiger partial charge >= 0.3 is 6.03 Å². The number of nitrogens with one attached hydrogen (secondary N) is 2. The van der Waals surface area contributed by atoms with E-state index in [1.54, 1.807) is 6.20 Å². The molecule has 0 fully saturated rings. The molecule has 0 aliphatic carbocycles. The molecule has 0 aliphatic rings. The number of nitrogens with zero attached hydrogens (tertiary/aromatic N) is 2. The normalized spacial score (nSPS) is 13.6. The second-order valence-corrected chi connectivity index (χ2v) is 5.08. The lowest BCUT2D eigenvalue weighted by Crippen LogP contribution is -2.45. The standard InChI is InChI=1S/C14H22N4O/c1-5-13(11(2)3)17-14(19)15-9-12(4)10-18-8-6-7-16-18/h1,6-8,11-13H,9-10H2,2-4H3,(H2,15,17,19)/t12-,13+/m1/s1. The Labute approximate surface area is 114 Å². The fourth-order valence-corrected chi connectivity index (χ4v) is 1.65. The van der Waals surface area contributed by atoms with Crippen LogP contribution >= 0.6 is 0 Å². The third kappa shape index (κ3) is 5.47. The monoisotopic (exact) mass is 262 g/mol. The summed E-state index contributed by atoms with van der Waals surface area (Å²) in [5.74, 6) is 3.09. The summed E-state index contributed by atoms with van der Waals surface area (Å²) in [5.41, 5.74) is 0. The second kappa shape index (κ2) is 7.47. The minimum atomic E-state index is -0.235. The topological polar surface area (TPSA) is 59.0 Å². The SMILES string of the molecule is C#C[C@H](NC(=O)NC[C@@H](C)Cn1cccn1)C(C)C. The molecule has 0 spiro atoms. The van der Waals surface area contributed by atoms with Gasteiger partial charge in [0.2, 0.25) is 0 Å². The molecular formula is C14H22N4O. The molecule has 1 heterocycles. The van der Waals surface area contributed by atoms with Crippen molar-refractivity contribution < 1.29 is 4.79 Å². The zero-order valence-electron chi connectivity index (χ0n) is 11.8. The van der Waals surface area contributed by atoms with Gasteiger partial charge in [-0.15, -0.1) is 6.42 Å². The number of urea groups is 1. The van der Waals surface area contributed by atoms with E-state index in [1.165, 1.54) is 0 Å². The van der Waals surface area contributed by atoms with Crippen LogP contribution in [-0.4, -0.2) is 28.4 Å². The Bertz CT molecular complexity index is 419. The van der Waals surface area contributed by atoms with E-state index in [0.29, 0.717) is 12.5 Å². The number of carbonyl (C=O) groups is 1. The van der Waals surface area contributed by atoms with Crippen molar-refractivity contribution in [1.82, 2.24) is 20.4 Å². The molecule has 2 amide bonds. The molecule has 0 radical (unpaired) electrons. The maximum absolute atomic E-state index is 11.7. The van der Waals surface area contributed by atoms with Crippen molar-refractivity contribution in [2.75, 3.05) is 6.54 Å². The number of rotatable bonds is 6. The van der Waals surface area contributed by atoms with Crippen LogP contribution in [0.15, 0.2) is 18.5 Å². The van der Waals surface area contributed by atoms with Crippen LogP contribution in [-0.2, 0) is 6.54 Å². The van der Waals surface area contributed by atoms with Gasteiger partial charge < -0.3 is 10.6 Å². The molecule has 1 aromatic heterocycles. The first-order valence-electron chi connectivity index (χ1n) is 6.50. The Hall–Kier alpha value is -1.96. The van der Waals surface area contributed by atoms with Gasteiger partial charge in [-0.2, -0.15) is 5.10 Å². The van der Waals surface area contributed by atoms with E-state index in [2.05, 4.69) is 28.6 Å². The van der Waals surface area contributed by atoms with E-state index in [9.17, 15) is 4.79 Å². The summed E-state index contributed by atoms with van der Waals surface area (Å²) in [6.45, 7) is 7.37. The fraction of sp³-hybridized carbons (Fsp3) is 0.571. The molecule has 1 rings (SSSR count). The molecular weight excluding hydrogens is 240 g/mol. The zero-order valence-corrected chi connectivity index (χ0v) is 11.8. The van der Waals surface area contributed by atoms with Crippen LogP contribution in [0.5, 0.6) is 0 Å². The maximum atomic E-state index is 11.7. The molecule has 0 aliphatic heterocycles. The van der Waals surface area contributed by atoms with Crippen LogP contribution in [0.1, 0.15) is 20.8 Å². The number of aromatic nitrogens is 2. The van der Waals surface area contributed by atoms with Crippen molar-refractivity contribution in [3.05, 3.63) is 18.5 Å². The van der Waals surface area contributed by atoms with Crippen LogP contribution in [0.2, 0.25) is 0 Å². The van der Waals surface area contributed by atoms with Crippen LogP contribution in [0.4, 0.5) is 4.79 Å². The minimum absolute atomic E-state index is 0.219. The summed E-state index contributed by atoms with van der Waals surface area (Å²) in [6, 6.07) is 1.43. The average molecular weight is 262 g/mol. The van der Waals surface area contributed by atoms with Crippen molar-refractivity contribution in [2.24, 2.45) is 11.8 Å². The van der Waals surface area contributed by atoms with E-state index >= 15 is 0 Å². The van der Waals surface area contributed by atoms with E-state index in [0.717, 1.165) is 6.54 Å². The van der Waals surface area contributed by atoms with Gasteiger partial charge in [0.05, 0.1) is 6.04 Å². The molecule has 5 nitrogen and oxygen atoms in total. The Morgan fingerprint density at radius 3 is 2.74 bits per heavy atom. The highest BCUT2D eigenvalue weighted by molar-refractivity contribution is 5.74. The smallest absolute Gasteiger partial charge is 0.315 e. The first kappa shape index (κ1) is 15.1. The molecule has 19 heavy (non-hydrogen) atoms. The van der Waals surface area contributed by atoms with Crippen molar-refractivity contribution in [2.45, 2.75) is 33.4 Å². The van der Waals surface area contributed by atoms with Crippen molar-refractivity contribution in [3.63, 3.8) is 0 Å². The maximum Gasteiger partial charge on any atom is 0.315 e. The van der Waals surface area contributed by atoms with Crippen LogP contribution in [0, 0.1) is 24.2 Å². The molecule has 104 valence electrons. The molecule has 0 unspecified atom stereocenters. The lowest BCUT2D eigenvalue weighted by atomic mass is 10.1. The Morgan fingerprint density at radius 1 is 1.47 bits per heavy atom. The van der Waals surface area contributed by atoms with Crippen LogP contribution < -0.4 is 10.6 Å². The van der Waals surface area contributed by atoms with Gasteiger partial charge in [-0.1, -0.05) is 26.7 Å². The van der Waals surface area contributed by atoms with Gasteiger partial charge in [-0.25, -0.2) is 4.79 Å². The van der Waals surface area contributed by atoms with Gasteiger partial charge in [0.15, 0.2) is 0 Å². The first-order valence-corrected chi connectivity index (χ1v) is 6.50. The summed E-state index contributed by atoms with van der Waals surface area (Å²) in [5, 5.41) is 9.73. The van der Waals surface area contributed by atoms with Crippen molar-refractivity contribution in [1.29, 1.82) is 0 Å². The molecule has 0 bridgehead atoms. The number of hydrogen-bond acceptors (Lipinski definition) is 2. The summed E-state index contributed by atoms with van der Waals surface area (Å²) in [6.07, 6.45) is 9.01. The van der Waals surface area contributed by atoms with Crippen LogP contribution in [0.3, 0.4) is 0 Å². The molecule has 2 N–H and O–H groups in total. The van der Waals surface area contributed by atoms with E-state index < -0.39 is 0 Å². The first-order chi connectivity index (χ1) is 9.02. The highest BCUT2D eigenvalue weighted by Gasteiger charge is 2.13. The van der Waals surface area contributed by atoms with E-state index in [-0.39, 0.29) is 18.0 Å². The van der Waals surface area contributed by atoms with Crippen molar-refractivity contribution >= 4 is 6.03 Å². The molecule has 0 saturated carbocycles. The molecule has 1 aromatic rings. The third-order valence-corrected chi connectivity index (χ3v) is 2.80. The number of hydrogen-bond donors (Lipinski definition) is 2. The molecule has 0 aromatic carbocycles. The summed E-state index contributed by atoms with van der Waals surface area (Å²) >= 11 is 0. The van der Waals surface area contributed by atoms with Crippen LogP contribution in [0.25, 0.3) is 0 Å². The Morgan fingerprint density at radius 2 is 2.21 bits per heavy atom. The lowest BCUT2D eigenvalue weighted by molar-refractivity contribution is 0.234. The molecule has 5 heteroatoms. The number of amides is 2. The molecule has 2 atom stereocenters. The van der Waals surface area contributed by atoms with E-state index in [1.807, 2.05) is 30.8 Å². The highest BCUT2D eigenvalue weighted by Crippen LogP contribution is 2.00. The fourth-order valence-electron chi connectivity index (χ4n) is 1.65. The number of terminal acetylenes is 1. The predicted molar refractivity (Wildman–Crippen MR) is 75.4 cm³/mol. The quantitative estimate of drug-likeness (QED) is 0.763. The van der Waals surface area contributed by atoms with Gasteiger partial charge in [-0.05, 0) is 17.9 Å². The largest absolute Gasteiger partial charge is 0.338 e. The minimum Gasteiger partial charge on any atom is -0.338 e. The van der Waals surface area contributed by atoms with Gasteiger partial charge in [-0.3, -0.25) is 4.68 Å². The van der Waals surface area contributed by atoms with E-state index in [4.69, 9.17) is 6.42 Å². The number of carbonyl (C=O) groups excluding carboxylic acids is 1. The second-order valence-electron chi connectivity index (χ2n) is 5.08. The summed E-state index contributed by atoms with van der Waals surface area (Å²) in [4.78, 5) is 11.7. The highest BCUT2D eigenvalue weighted by atomic mass is 16.2. The van der Waals surface area contributed by atoms with Gasteiger partial charge in [0.25, 0.3) is 0 Å². The third-order valence-electron chi connectivity index (χ3n) is 2.80. The average Bonchev–Trinajstić information content (AvgIpc) is 2.85. The lowest BCUT2D eigenvalue weighted by Gasteiger charge is -2.18. The molecule has 0 saturated heterocycles. The zero-order chi connectivity index (χ0) is 14.3. The van der Waals surface area contributed by atoms with Gasteiger partial charge in [0, 0.05) is 25.5 Å². The van der Waals surface area contributed by atoms with Gasteiger partial charge in [0.1, 0.15) is 0 Å².